The largest absolute Gasteiger partial charge is 0.467 e. The van der Waals surface area contributed by atoms with Crippen LogP contribution in [0, 0.1) is 0 Å². The number of rotatable bonds is 3. The molecule has 19 heavy (non-hydrogen) atoms. The summed E-state index contributed by atoms with van der Waals surface area (Å²) in [6.45, 7) is 0.194. The Morgan fingerprint density at radius 2 is 1.84 bits per heavy atom. The molecule has 1 aromatic rings. The quantitative estimate of drug-likeness (QED) is 0.871. The Morgan fingerprint density at radius 3 is 2.37 bits per heavy atom. The van der Waals surface area contributed by atoms with Crippen LogP contribution in [0.3, 0.4) is 0 Å². The van der Waals surface area contributed by atoms with E-state index in [9.17, 15) is 13.2 Å². The van der Waals surface area contributed by atoms with E-state index in [0.717, 1.165) is 38.5 Å². The van der Waals surface area contributed by atoms with Gasteiger partial charge in [0.15, 0.2) is 0 Å². The van der Waals surface area contributed by atoms with Crippen molar-refractivity contribution < 1.29 is 17.9 Å². The number of ether oxygens (including phenoxy) is 1. The minimum absolute atomic E-state index is 0.0682. The lowest BCUT2D eigenvalue weighted by Crippen LogP contribution is -2.45. The van der Waals surface area contributed by atoms with Crippen molar-refractivity contribution in [2.24, 2.45) is 5.73 Å². The Hall–Kier alpha value is -0.890. The standard InChI is InChI=1S/C11H16F3N3OS/c12-11(13,14)8-16-9(19-17-8)18-7-10(15)5-3-1-2-4-6-10/h1-7,15H2. The van der Waals surface area contributed by atoms with Crippen molar-refractivity contribution in [3.8, 4) is 5.19 Å². The van der Waals surface area contributed by atoms with E-state index in [2.05, 4.69) is 9.36 Å². The zero-order valence-electron chi connectivity index (χ0n) is 10.4. The molecule has 1 saturated carbocycles. The first-order valence-electron chi connectivity index (χ1n) is 6.22. The van der Waals surface area contributed by atoms with Gasteiger partial charge in [0, 0.05) is 11.5 Å². The highest BCUT2D eigenvalue weighted by atomic mass is 32.1. The molecule has 1 fully saturated rings. The molecule has 0 unspecified atom stereocenters. The Bertz CT molecular complexity index is 414. The number of aromatic nitrogens is 2. The SMILES string of the molecule is NC1(COc2nc(C(F)(F)F)ns2)CCCCCC1. The summed E-state index contributed by atoms with van der Waals surface area (Å²) in [5, 5.41) is -0.0682. The van der Waals surface area contributed by atoms with Crippen molar-refractivity contribution in [1.82, 2.24) is 9.36 Å². The molecular weight excluding hydrogens is 279 g/mol. The van der Waals surface area contributed by atoms with Crippen LogP contribution in [0.5, 0.6) is 5.19 Å². The predicted molar refractivity (Wildman–Crippen MR) is 65.0 cm³/mol. The number of nitrogens with two attached hydrogens (primary N) is 1. The highest BCUT2D eigenvalue weighted by Crippen LogP contribution is 2.31. The Labute approximate surface area is 113 Å². The molecule has 108 valence electrons. The average Bonchev–Trinajstić information content (AvgIpc) is 2.71. The van der Waals surface area contributed by atoms with Crippen LogP contribution in [0.1, 0.15) is 44.3 Å². The molecule has 1 aliphatic rings. The minimum atomic E-state index is -4.53. The van der Waals surface area contributed by atoms with Crippen LogP contribution in [0.15, 0.2) is 0 Å². The van der Waals surface area contributed by atoms with Gasteiger partial charge in [-0.15, -0.1) is 0 Å². The Morgan fingerprint density at radius 1 is 1.21 bits per heavy atom. The van der Waals surface area contributed by atoms with Crippen molar-refractivity contribution in [2.45, 2.75) is 50.2 Å². The van der Waals surface area contributed by atoms with Gasteiger partial charge in [-0.3, -0.25) is 0 Å². The van der Waals surface area contributed by atoms with Crippen molar-refractivity contribution >= 4 is 11.5 Å². The molecule has 0 radical (unpaired) electrons. The van der Waals surface area contributed by atoms with Gasteiger partial charge in [-0.2, -0.15) is 22.5 Å². The maximum atomic E-state index is 12.3. The Balaban J connectivity index is 1.92. The van der Waals surface area contributed by atoms with Crippen LogP contribution in [-0.2, 0) is 6.18 Å². The number of alkyl halides is 3. The van der Waals surface area contributed by atoms with Crippen LogP contribution in [-0.4, -0.2) is 21.5 Å². The molecule has 2 rings (SSSR count). The van der Waals surface area contributed by atoms with E-state index in [-0.39, 0.29) is 11.8 Å². The van der Waals surface area contributed by atoms with Gasteiger partial charge in [-0.1, -0.05) is 25.7 Å². The molecule has 1 heterocycles. The zero-order chi connectivity index (χ0) is 13.9. The van der Waals surface area contributed by atoms with Crippen LogP contribution >= 0.6 is 11.5 Å². The van der Waals surface area contributed by atoms with Gasteiger partial charge in [0.25, 0.3) is 11.0 Å². The first-order valence-corrected chi connectivity index (χ1v) is 6.99. The summed E-state index contributed by atoms with van der Waals surface area (Å²) >= 11 is 0.610. The molecular formula is C11H16F3N3OS. The van der Waals surface area contributed by atoms with Gasteiger partial charge in [-0.05, 0) is 12.8 Å². The monoisotopic (exact) mass is 295 g/mol. The fourth-order valence-corrected chi connectivity index (χ4v) is 2.71. The highest BCUT2D eigenvalue weighted by Gasteiger charge is 2.36. The van der Waals surface area contributed by atoms with Crippen LogP contribution < -0.4 is 10.5 Å². The smallest absolute Gasteiger partial charge is 0.452 e. The lowest BCUT2D eigenvalue weighted by atomic mass is 9.93. The first kappa shape index (κ1) is 14.5. The number of hydrogen-bond acceptors (Lipinski definition) is 5. The van der Waals surface area contributed by atoms with E-state index in [1.54, 1.807) is 0 Å². The van der Waals surface area contributed by atoms with Crippen LogP contribution in [0.25, 0.3) is 0 Å². The second-order valence-electron chi connectivity index (χ2n) is 4.95. The fourth-order valence-electron chi connectivity index (χ4n) is 2.17. The summed E-state index contributed by atoms with van der Waals surface area (Å²) in [7, 11) is 0. The third kappa shape index (κ3) is 4.04. The molecule has 2 N–H and O–H groups in total. The first-order chi connectivity index (χ1) is 8.89. The predicted octanol–water partition coefficient (Wildman–Crippen LogP) is 2.99. The van der Waals surface area contributed by atoms with E-state index in [0.29, 0.717) is 11.5 Å². The van der Waals surface area contributed by atoms with Gasteiger partial charge in [0.2, 0.25) is 0 Å². The van der Waals surface area contributed by atoms with E-state index in [1.165, 1.54) is 0 Å². The fraction of sp³-hybridized carbons (Fsp3) is 0.818. The van der Waals surface area contributed by atoms with E-state index < -0.39 is 17.5 Å². The summed E-state index contributed by atoms with van der Waals surface area (Å²) < 4.78 is 45.5. The number of nitrogens with zero attached hydrogens (tertiary/aromatic N) is 2. The minimum Gasteiger partial charge on any atom is -0.467 e. The normalized spacial score (nSPS) is 20.0. The van der Waals surface area contributed by atoms with Crippen LogP contribution in [0.2, 0.25) is 0 Å². The van der Waals surface area contributed by atoms with Gasteiger partial charge in [0.05, 0.1) is 5.54 Å². The van der Waals surface area contributed by atoms with Crippen molar-refractivity contribution in [2.75, 3.05) is 6.61 Å². The molecule has 0 bridgehead atoms. The van der Waals surface area contributed by atoms with Crippen molar-refractivity contribution in [1.29, 1.82) is 0 Å². The summed E-state index contributed by atoms with van der Waals surface area (Å²) in [5.41, 5.74) is 5.75. The van der Waals surface area contributed by atoms with E-state index >= 15 is 0 Å². The lowest BCUT2D eigenvalue weighted by Gasteiger charge is -2.26. The second-order valence-corrected chi connectivity index (χ2v) is 5.66. The highest BCUT2D eigenvalue weighted by molar-refractivity contribution is 7.07. The molecule has 4 nitrogen and oxygen atoms in total. The zero-order valence-corrected chi connectivity index (χ0v) is 11.2. The van der Waals surface area contributed by atoms with E-state index in [4.69, 9.17) is 10.5 Å². The topological polar surface area (TPSA) is 61.0 Å². The molecule has 0 atom stereocenters. The lowest BCUT2D eigenvalue weighted by molar-refractivity contribution is -0.144. The van der Waals surface area contributed by atoms with E-state index in [1.807, 2.05) is 0 Å². The summed E-state index contributed by atoms with van der Waals surface area (Å²) in [4.78, 5) is 3.33. The summed E-state index contributed by atoms with van der Waals surface area (Å²) in [5.74, 6) is -1.15. The maximum Gasteiger partial charge on any atom is 0.452 e. The molecule has 0 amide bonds. The molecule has 1 aliphatic carbocycles. The average molecular weight is 295 g/mol. The third-order valence-corrected chi connectivity index (χ3v) is 3.87. The third-order valence-electron chi connectivity index (χ3n) is 3.24. The van der Waals surface area contributed by atoms with Gasteiger partial charge in [-0.25, -0.2) is 0 Å². The van der Waals surface area contributed by atoms with Crippen LogP contribution in [0.4, 0.5) is 13.2 Å². The summed E-state index contributed by atoms with van der Waals surface area (Å²) in [6.07, 6.45) is 1.50. The molecule has 8 heteroatoms. The van der Waals surface area contributed by atoms with Gasteiger partial charge in [0.1, 0.15) is 6.61 Å². The Kier molecular flexibility index (Phi) is 4.29. The second kappa shape index (κ2) is 5.62. The molecule has 0 saturated heterocycles. The number of hydrogen-bond donors (Lipinski definition) is 1. The maximum absolute atomic E-state index is 12.3. The molecule has 0 aliphatic heterocycles. The van der Waals surface area contributed by atoms with Crippen molar-refractivity contribution in [3.05, 3.63) is 5.82 Å². The number of halogens is 3. The molecule has 1 aromatic heterocycles. The molecule has 0 aromatic carbocycles. The summed E-state index contributed by atoms with van der Waals surface area (Å²) in [6, 6.07) is 0. The van der Waals surface area contributed by atoms with Crippen molar-refractivity contribution in [3.63, 3.8) is 0 Å². The van der Waals surface area contributed by atoms with Gasteiger partial charge < -0.3 is 10.5 Å². The van der Waals surface area contributed by atoms with Gasteiger partial charge >= 0.3 is 6.18 Å². The molecule has 0 spiro atoms.